The highest BCUT2D eigenvalue weighted by atomic mass is 32.2. The number of primary sulfonamides is 1. The summed E-state index contributed by atoms with van der Waals surface area (Å²) < 4.78 is 22.4. The molecule has 0 aromatic heterocycles. The van der Waals surface area contributed by atoms with Crippen LogP contribution >= 0.6 is 0 Å². The van der Waals surface area contributed by atoms with Crippen LogP contribution in [0.4, 0.5) is 5.69 Å². The van der Waals surface area contributed by atoms with Gasteiger partial charge in [0.1, 0.15) is 0 Å². The average Bonchev–Trinajstić information content (AvgIpc) is 2.25. The second-order valence-electron chi connectivity index (χ2n) is 4.16. The highest BCUT2D eigenvalue weighted by Gasteiger charge is 2.09. The predicted molar refractivity (Wildman–Crippen MR) is 70.6 cm³/mol. The molecule has 3 N–H and O–H groups in total. The molecule has 17 heavy (non-hydrogen) atoms. The van der Waals surface area contributed by atoms with Crippen LogP contribution in [0.25, 0.3) is 0 Å². The van der Waals surface area contributed by atoms with E-state index in [1.807, 2.05) is 6.92 Å². The maximum absolute atomic E-state index is 11.2. The highest BCUT2D eigenvalue weighted by molar-refractivity contribution is 7.89. The maximum Gasteiger partial charge on any atom is 0.238 e. The Morgan fingerprint density at radius 1 is 1.29 bits per heavy atom. The minimum absolute atomic E-state index is 0.154. The minimum atomic E-state index is -3.62. The van der Waals surface area contributed by atoms with Crippen molar-refractivity contribution in [3.63, 3.8) is 0 Å². The van der Waals surface area contributed by atoms with Gasteiger partial charge in [-0.15, -0.1) is 0 Å². The lowest BCUT2D eigenvalue weighted by Crippen LogP contribution is -2.13. The van der Waals surface area contributed by atoms with Crippen LogP contribution in [0.2, 0.25) is 0 Å². The Morgan fingerprint density at radius 3 is 2.59 bits per heavy atom. The molecule has 1 aromatic rings. The summed E-state index contributed by atoms with van der Waals surface area (Å²) in [5.41, 5.74) is 1.86. The summed E-state index contributed by atoms with van der Waals surface area (Å²) in [5.74, 6) is 0. The quantitative estimate of drug-likeness (QED) is 0.767. The molecular formula is C12H20N2O2S. The van der Waals surface area contributed by atoms with Crippen molar-refractivity contribution in [1.29, 1.82) is 0 Å². The molecule has 5 heteroatoms. The first kappa shape index (κ1) is 14.0. The van der Waals surface area contributed by atoms with E-state index in [0.29, 0.717) is 0 Å². The van der Waals surface area contributed by atoms with Crippen molar-refractivity contribution < 1.29 is 8.42 Å². The van der Waals surface area contributed by atoms with Gasteiger partial charge in [-0.1, -0.05) is 25.8 Å². The number of hydrogen-bond acceptors (Lipinski definition) is 3. The van der Waals surface area contributed by atoms with Crippen molar-refractivity contribution in [3.8, 4) is 0 Å². The number of unbranched alkanes of at least 4 members (excludes halogenated alkanes) is 2. The standard InChI is InChI=1S/C12H20N2O2S/c1-3-4-5-8-14-12-9-11(17(13,15)16)7-6-10(12)2/h6-7,9,14H,3-5,8H2,1-2H3,(H2,13,15,16). The molecule has 0 radical (unpaired) electrons. The first-order chi connectivity index (χ1) is 7.95. The summed E-state index contributed by atoms with van der Waals surface area (Å²) in [7, 11) is -3.62. The Balaban J connectivity index is 2.77. The fourth-order valence-electron chi connectivity index (χ4n) is 1.57. The van der Waals surface area contributed by atoms with E-state index < -0.39 is 10.0 Å². The van der Waals surface area contributed by atoms with Gasteiger partial charge in [-0.2, -0.15) is 0 Å². The largest absolute Gasteiger partial charge is 0.385 e. The first-order valence-electron chi connectivity index (χ1n) is 5.82. The minimum Gasteiger partial charge on any atom is -0.385 e. The highest BCUT2D eigenvalue weighted by Crippen LogP contribution is 2.19. The summed E-state index contributed by atoms with van der Waals surface area (Å²) in [5, 5.41) is 8.34. The molecule has 0 saturated carbocycles. The number of rotatable bonds is 6. The summed E-state index contributed by atoms with van der Waals surface area (Å²) >= 11 is 0. The van der Waals surface area contributed by atoms with Gasteiger partial charge in [-0.25, -0.2) is 13.6 Å². The third-order valence-electron chi connectivity index (χ3n) is 2.63. The van der Waals surface area contributed by atoms with Gasteiger partial charge >= 0.3 is 0 Å². The lowest BCUT2D eigenvalue weighted by atomic mass is 10.2. The Kier molecular flexibility index (Phi) is 4.96. The van der Waals surface area contributed by atoms with Crippen LogP contribution in [0, 0.1) is 6.92 Å². The molecule has 0 atom stereocenters. The topological polar surface area (TPSA) is 72.2 Å². The van der Waals surface area contributed by atoms with Gasteiger partial charge in [-0.3, -0.25) is 0 Å². The van der Waals surface area contributed by atoms with Crippen LogP contribution in [0.3, 0.4) is 0 Å². The second-order valence-corrected chi connectivity index (χ2v) is 5.72. The second kappa shape index (κ2) is 6.02. The molecule has 1 aromatic carbocycles. The van der Waals surface area contributed by atoms with Gasteiger partial charge in [0.05, 0.1) is 4.90 Å². The molecule has 4 nitrogen and oxygen atoms in total. The zero-order valence-corrected chi connectivity index (χ0v) is 11.2. The fraction of sp³-hybridized carbons (Fsp3) is 0.500. The molecule has 0 bridgehead atoms. The van der Waals surface area contributed by atoms with E-state index in [9.17, 15) is 8.42 Å². The number of anilines is 1. The van der Waals surface area contributed by atoms with Crippen LogP contribution in [-0.4, -0.2) is 15.0 Å². The van der Waals surface area contributed by atoms with Crippen molar-refractivity contribution in [1.82, 2.24) is 0 Å². The summed E-state index contributed by atoms with van der Waals surface area (Å²) in [4.78, 5) is 0.154. The van der Waals surface area contributed by atoms with E-state index in [1.54, 1.807) is 12.1 Å². The average molecular weight is 256 g/mol. The molecule has 1 rings (SSSR count). The number of benzene rings is 1. The molecule has 96 valence electrons. The first-order valence-corrected chi connectivity index (χ1v) is 7.37. The molecule has 0 fully saturated rings. The van der Waals surface area contributed by atoms with Gasteiger partial charge in [-0.05, 0) is 31.0 Å². The van der Waals surface area contributed by atoms with Gasteiger partial charge in [0, 0.05) is 12.2 Å². The van der Waals surface area contributed by atoms with Crippen LogP contribution in [0.15, 0.2) is 23.1 Å². The number of sulfonamides is 1. The molecule has 0 spiro atoms. The molecule has 0 unspecified atom stereocenters. The summed E-state index contributed by atoms with van der Waals surface area (Å²) in [6.45, 7) is 4.94. The lowest BCUT2D eigenvalue weighted by molar-refractivity contribution is 0.598. The Labute approximate surface area is 103 Å². The van der Waals surface area contributed by atoms with E-state index in [0.717, 1.165) is 30.6 Å². The monoisotopic (exact) mass is 256 g/mol. The third kappa shape index (κ3) is 4.36. The van der Waals surface area contributed by atoms with Crippen LogP contribution in [0.1, 0.15) is 31.7 Å². The summed E-state index contributed by atoms with van der Waals surface area (Å²) in [6, 6.07) is 4.89. The van der Waals surface area contributed by atoms with Crippen molar-refractivity contribution >= 4 is 15.7 Å². The molecular weight excluding hydrogens is 236 g/mol. The summed E-state index contributed by atoms with van der Waals surface area (Å²) in [6.07, 6.45) is 3.41. The number of aryl methyl sites for hydroxylation is 1. The van der Waals surface area contributed by atoms with Gasteiger partial charge in [0.15, 0.2) is 0 Å². The molecule has 0 aliphatic carbocycles. The zero-order chi connectivity index (χ0) is 12.9. The van der Waals surface area contributed by atoms with Crippen molar-refractivity contribution in [2.75, 3.05) is 11.9 Å². The van der Waals surface area contributed by atoms with Crippen LogP contribution in [-0.2, 0) is 10.0 Å². The van der Waals surface area contributed by atoms with E-state index in [4.69, 9.17) is 5.14 Å². The SMILES string of the molecule is CCCCCNc1cc(S(N)(=O)=O)ccc1C. The Hall–Kier alpha value is -1.07. The molecule has 0 aliphatic rings. The normalized spacial score (nSPS) is 11.5. The number of nitrogens with two attached hydrogens (primary N) is 1. The van der Waals surface area contributed by atoms with Crippen molar-refractivity contribution in [2.45, 2.75) is 38.0 Å². The van der Waals surface area contributed by atoms with Gasteiger partial charge in [0.2, 0.25) is 10.0 Å². The Morgan fingerprint density at radius 2 is 2.00 bits per heavy atom. The fourth-order valence-corrected chi connectivity index (χ4v) is 2.11. The van der Waals surface area contributed by atoms with Crippen molar-refractivity contribution in [2.24, 2.45) is 5.14 Å². The molecule has 0 aliphatic heterocycles. The van der Waals surface area contributed by atoms with Crippen LogP contribution in [0.5, 0.6) is 0 Å². The molecule has 0 heterocycles. The lowest BCUT2D eigenvalue weighted by Gasteiger charge is -2.10. The zero-order valence-electron chi connectivity index (χ0n) is 10.4. The molecule has 0 saturated heterocycles. The van der Waals surface area contributed by atoms with Gasteiger partial charge in [0.25, 0.3) is 0 Å². The predicted octanol–water partition coefficient (Wildman–Crippen LogP) is 2.24. The Bertz CT molecular complexity index is 469. The number of hydrogen-bond donors (Lipinski definition) is 2. The third-order valence-corrected chi connectivity index (χ3v) is 3.54. The van der Waals surface area contributed by atoms with E-state index >= 15 is 0 Å². The van der Waals surface area contributed by atoms with Gasteiger partial charge < -0.3 is 5.32 Å². The van der Waals surface area contributed by atoms with Crippen LogP contribution < -0.4 is 10.5 Å². The maximum atomic E-state index is 11.2. The van der Waals surface area contributed by atoms with E-state index in [-0.39, 0.29) is 4.90 Å². The number of nitrogens with one attached hydrogen (secondary N) is 1. The molecule has 0 amide bonds. The van der Waals surface area contributed by atoms with E-state index in [1.165, 1.54) is 12.5 Å². The van der Waals surface area contributed by atoms with Crippen molar-refractivity contribution in [3.05, 3.63) is 23.8 Å². The van der Waals surface area contributed by atoms with E-state index in [2.05, 4.69) is 12.2 Å². The smallest absolute Gasteiger partial charge is 0.238 e.